The topological polar surface area (TPSA) is 104 Å². The lowest BCUT2D eigenvalue weighted by Crippen LogP contribution is -2.28. The van der Waals surface area contributed by atoms with Crippen LogP contribution in [0.2, 0.25) is 0 Å². The molecular weight excluding hydrogens is 344 g/mol. The van der Waals surface area contributed by atoms with E-state index in [0.29, 0.717) is 72.6 Å². The van der Waals surface area contributed by atoms with Crippen LogP contribution >= 0.6 is 0 Å². The molecule has 0 saturated carbocycles. The lowest BCUT2D eigenvalue weighted by molar-refractivity contribution is -0.126. The molecule has 0 aromatic rings. The molecule has 0 atom stereocenters. The van der Waals surface area contributed by atoms with Gasteiger partial charge >= 0.3 is 0 Å². The van der Waals surface area contributed by atoms with Crippen molar-refractivity contribution in [2.75, 3.05) is 79.2 Å². The summed E-state index contributed by atoms with van der Waals surface area (Å²) in [6, 6.07) is 0. The van der Waals surface area contributed by atoms with Gasteiger partial charge in [0.15, 0.2) is 0 Å². The molecule has 0 aromatic carbocycles. The van der Waals surface area contributed by atoms with Gasteiger partial charge in [0.1, 0.15) is 6.61 Å². The Morgan fingerprint density at radius 2 is 1.12 bits per heavy atom. The SMILES string of the molecule is CCCNC(=O)COCCOCCOCCOCCOCCNC(C)=O. The number of carbonyl (C=O) groups excluding carboxylic acids is 2. The summed E-state index contributed by atoms with van der Waals surface area (Å²) >= 11 is 0. The largest absolute Gasteiger partial charge is 0.377 e. The van der Waals surface area contributed by atoms with Crippen LogP contribution in [0.1, 0.15) is 20.3 Å². The van der Waals surface area contributed by atoms with E-state index in [0.717, 1.165) is 6.42 Å². The van der Waals surface area contributed by atoms with Gasteiger partial charge in [-0.3, -0.25) is 9.59 Å². The fourth-order valence-corrected chi connectivity index (χ4v) is 1.66. The molecule has 0 saturated heterocycles. The average Bonchev–Trinajstić information content (AvgIpc) is 2.62. The van der Waals surface area contributed by atoms with Gasteiger partial charge in [0.05, 0.1) is 59.5 Å². The molecule has 0 aliphatic heterocycles. The normalized spacial score (nSPS) is 10.7. The van der Waals surface area contributed by atoms with Crippen molar-refractivity contribution in [3.63, 3.8) is 0 Å². The highest BCUT2D eigenvalue weighted by Gasteiger charge is 1.99. The van der Waals surface area contributed by atoms with Gasteiger partial charge in [-0.25, -0.2) is 0 Å². The molecule has 2 amide bonds. The minimum atomic E-state index is -0.103. The lowest BCUT2D eigenvalue weighted by atomic mass is 10.5. The minimum absolute atomic E-state index is 0.0617. The Balaban J connectivity index is 3.07. The first-order chi connectivity index (χ1) is 12.7. The minimum Gasteiger partial charge on any atom is -0.377 e. The van der Waals surface area contributed by atoms with Gasteiger partial charge in [0.2, 0.25) is 11.8 Å². The molecule has 0 aliphatic carbocycles. The summed E-state index contributed by atoms with van der Waals surface area (Å²) in [6.07, 6.45) is 0.910. The van der Waals surface area contributed by atoms with E-state index in [1.165, 1.54) is 6.92 Å². The second kappa shape index (κ2) is 20.1. The molecular formula is C17H34N2O7. The number of nitrogens with one attached hydrogen (secondary N) is 2. The second-order valence-corrected chi connectivity index (χ2v) is 5.33. The summed E-state index contributed by atoms with van der Waals surface area (Å²) in [7, 11) is 0. The first-order valence-electron chi connectivity index (χ1n) is 9.06. The average molecular weight is 378 g/mol. The number of rotatable bonds is 19. The van der Waals surface area contributed by atoms with Crippen molar-refractivity contribution in [2.24, 2.45) is 0 Å². The van der Waals surface area contributed by atoms with E-state index in [4.69, 9.17) is 23.7 Å². The summed E-state index contributed by atoms with van der Waals surface area (Å²) in [5, 5.41) is 5.37. The molecule has 0 bridgehead atoms. The van der Waals surface area contributed by atoms with Crippen molar-refractivity contribution >= 4 is 11.8 Å². The summed E-state index contributed by atoms with van der Waals surface area (Å²) in [4.78, 5) is 21.9. The predicted molar refractivity (Wildman–Crippen MR) is 96.1 cm³/mol. The molecule has 26 heavy (non-hydrogen) atoms. The fraction of sp³-hybridized carbons (Fsp3) is 0.882. The number of hydrogen-bond donors (Lipinski definition) is 2. The van der Waals surface area contributed by atoms with Gasteiger partial charge in [-0.15, -0.1) is 0 Å². The van der Waals surface area contributed by atoms with Crippen LogP contribution in [-0.4, -0.2) is 91.0 Å². The molecule has 9 nitrogen and oxygen atoms in total. The lowest BCUT2D eigenvalue weighted by Gasteiger charge is -2.08. The van der Waals surface area contributed by atoms with Gasteiger partial charge in [-0.2, -0.15) is 0 Å². The number of ether oxygens (including phenoxy) is 5. The molecule has 0 unspecified atom stereocenters. The van der Waals surface area contributed by atoms with E-state index < -0.39 is 0 Å². The second-order valence-electron chi connectivity index (χ2n) is 5.33. The van der Waals surface area contributed by atoms with Crippen molar-refractivity contribution in [1.29, 1.82) is 0 Å². The highest BCUT2D eigenvalue weighted by Crippen LogP contribution is 1.84. The van der Waals surface area contributed by atoms with Crippen LogP contribution in [0.3, 0.4) is 0 Å². The van der Waals surface area contributed by atoms with Gasteiger partial charge in [0, 0.05) is 20.0 Å². The molecule has 0 spiro atoms. The van der Waals surface area contributed by atoms with Crippen LogP contribution in [0.15, 0.2) is 0 Å². The maximum Gasteiger partial charge on any atom is 0.245 e. The van der Waals surface area contributed by atoms with Crippen molar-refractivity contribution in [1.82, 2.24) is 10.6 Å². The maximum absolute atomic E-state index is 11.2. The van der Waals surface area contributed by atoms with E-state index >= 15 is 0 Å². The summed E-state index contributed by atoms with van der Waals surface area (Å²) in [5.41, 5.74) is 0. The van der Waals surface area contributed by atoms with E-state index in [1.54, 1.807) is 0 Å². The predicted octanol–water partition coefficient (Wildman–Crippen LogP) is -0.268. The molecule has 2 N–H and O–H groups in total. The van der Waals surface area contributed by atoms with Crippen LogP contribution in [0, 0.1) is 0 Å². The van der Waals surface area contributed by atoms with Crippen LogP contribution in [0.25, 0.3) is 0 Å². The van der Waals surface area contributed by atoms with E-state index in [1.807, 2.05) is 6.92 Å². The first-order valence-corrected chi connectivity index (χ1v) is 9.06. The molecule has 0 fully saturated rings. The Labute approximate surface area is 156 Å². The van der Waals surface area contributed by atoms with Crippen molar-refractivity contribution < 1.29 is 33.3 Å². The van der Waals surface area contributed by atoms with Crippen molar-refractivity contribution in [3.05, 3.63) is 0 Å². The third kappa shape index (κ3) is 20.8. The van der Waals surface area contributed by atoms with Gasteiger partial charge in [0.25, 0.3) is 0 Å². The monoisotopic (exact) mass is 378 g/mol. The summed E-state index contributed by atoms with van der Waals surface area (Å²) in [5.74, 6) is -0.165. The third-order valence-corrected chi connectivity index (χ3v) is 2.91. The smallest absolute Gasteiger partial charge is 0.245 e. The number of carbonyl (C=O) groups is 2. The van der Waals surface area contributed by atoms with Crippen LogP contribution in [0.5, 0.6) is 0 Å². The van der Waals surface area contributed by atoms with Crippen LogP contribution in [0.4, 0.5) is 0 Å². The molecule has 0 heterocycles. The Kier molecular flexibility index (Phi) is 19.1. The molecule has 0 aliphatic rings. The van der Waals surface area contributed by atoms with E-state index in [2.05, 4.69) is 10.6 Å². The molecule has 9 heteroatoms. The molecule has 0 radical (unpaired) electrons. The first kappa shape index (κ1) is 24.7. The third-order valence-electron chi connectivity index (χ3n) is 2.91. The Bertz CT molecular complexity index is 343. The van der Waals surface area contributed by atoms with Crippen LogP contribution < -0.4 is 10.6 Å². The van der Waals surface area contributed by atoms with Crippen molar-refractivity contribution in [3.8, 4) is 0 Å². The Hall–Kier alpha value is -1.26. The Morgan fingerprint density at radius 1 is 0.654 bits per heavy atom. The highest BCUT2D eigenvalue weighted by atomic mass is 16.6. The van der Waals surface area contributed by atoms with Gasteiger partial charge in [-0.05, 0) is 6.42 Å². The van der Waals surface area contributed by atoms with Crippen molar-refractivity contribution in [2.45, 2.75) is 20.3 Å². The van der Waals surface area contributed by atoms with Crippen LogP contribution in [-0.2, 0) is 33.3 Å². The standard InChI is InChI=1S/C17H34N2O7/c1-3-4-19-17(21)15-26-14-13-25-12-11-24-10-9-23-8-7-22-6-5-18-16(2)20/h3-15H2,1-2H3,(H,18,20)(H,19,21). The number of hydrogen-bond acceptors (Lipinski definition) is 7. The maximum atomic E-state index is 11.2. The highest BCUT2D eigenvalue weighted by molar-refractivity contribution is 5.77. The zero-order valence-corrected chi connectivity index (χ0v) is 16.1. The quantitative estimate of drug-likeness (QED) is 0.298. The summed E-state index contributed by atoms with van der Waals surface area (Å²) < 4.78 is 26.5. The molecule has 0 rings (SSSR count). The molecule has 154 valence electrons. The zero-order valence-electron chi connectivity index (χ0n) is 16.1. The fourth-order valence-electron chi connectivity index (χ4n) is 1.66. The van der Waals surface area contributed by atoms with E-state index in [9.17, 15) is 9.59 Å². The van der Waals surface area contributed by atoms with Gasteiger partial charge < -0.3 is 34.3 Å². The summed E-state index contributed by atoms with van der Waals surface area (Å²) in [6.45, 7) is 8.90. The zero-order chi connectivity index (χ0) is 19.3. The Morgan fingerprint density at radius 3 is 1.58 bits per heavy atom. The molecule has 0 aromatic heterocycles. The van der Waals surface area contributed by atoms with Gasteiger partial charge in [-0.1, -0.05) is 6.92 Å². The van der Waals surface area contributed by atoms with E-state index in [-0.39, 0.29) is 18.4 Å². The number of amides is 2.